The van der Waals surface area contributed by atoms with Gasteiger partial charge in [-0.1, -0.05) is 96.5 Å². The van der Waals surface area contributed by atoms with Crippen LogP contribution in [0, 0.1) is 0 Å². The number of carbonyl (C=O) groups excluding carboxylic acids is 1. The molecule has 248 valence electrons. The van der Waals surface area contributed by atoms with Gasteiger partial charge in [0.15, 0.2) is 0 Å². The second-order valence-corrected chi connectivity index (χ2v) is 12.3. The van der Waals surface area contributed by atoms with Gasteiger partial charge in [0.05, 0.1) is 36.8 Å². The predicted octanol–water partition coefficient (Wildman–Crippen LogP) is 8.25. The van der Waals surface area contributed by atoms with E-state index in [4.69, 9.17) is 21.1 Å². The Balaban J connectivity index is 1.32. The van der Waals surface area contributed by atoms with Crippen LogP contribution in [0.3, 0.4) is 0 Å². The van der Waals surface area contributed by atoms with Crippen molar-refractivity contribution < 1.29 is 27.4 Å². The second-order valence-electron chi connectivity index (χ2n) is 11.9. The first-order valence-corrected chi connectivity index (χ1v) is 16.3. The Morgan fingerprint density at radius 1 is 0.915 bits per heavy atom. The first kappa shape index (κ1) is 34.5. The maximum atomic E-state index is 13.8. The van der Waals surface area contributed by atoms with E-state index in [2.05, 4.69) is 36.1 Å². The molecule has 0 bridgehead atoms. The molecule has 9 heteroatoms. The number of amides is 1. The molecule has 0 spiro atoms. The molecule has 5 rings (SSSR count). The van der Waals surface area contributed by atoms with E-state index in [1.165, 1.54) is 6.07 Å². The van der Waals surface area contributed by atoms with Crippen LogP contribution in [-0.4, -0.2) is 61.2 Å². The summed E-state index contributed by atoms with van der Waals surface area (Å²) in [5.74, 6) is 0.712. The molecule has 1 aliphatic heterocycles. The molecule has 0 aliphatic carbocycles. The number of rotatable bonds is 13. The Morgan fingerprint density at radius 3 is 2.19 bits per heavy atom. The van der Waals surface area contributed by atoms with Gasteiger partial charge in [0.25, 0.3) is 0 Å². The molecule has 0 N–H and O–H groups in total. The van der Waals surface area contributed by atoms with E-state index in [9.17, 15) is 18.0 Å². The van der Waals surface area contributed by atoms with Crippen molar-refractivity contribution in [3.05, 3.63) is 136 Å². The molecule has 1 heterocycles. The topological polar surface area (TPSA) is 42.0 Å². The fraction of sp³-hybridized carbons (Fsp3) is 0.342. The third-order valence-corrected chi connectivity index (χ3v) is 9.07. The monoisotopic (exact) mass is 664 g/mol. The van der Waals surface area contributed by atoms with Crippen LogP contribution < -0.4 is 4.74 Å². The molecule has 47 heavy (non-hydrogen) atoms. The van der Waals surface area contributed by atoms with E-state index in [-0.39, 0.29) is 29.4 Å². The van der Waals surface area contributed by atoms with E-state index in [1.54, 1.807) is 6.07 Å². The number of ether oxygens (including phenoxy) is 2. The summed E-state index contributed by atoms with van der Waals surface area (Å²) in [7, 11) is 0. The van der Waals surface area contributed by atoms with Crippen molar-refractivity contribution in [2.75, 3.05) is 39.5 Å². The number of benzene rings is 4. The van der Waals surface area contributed by atoms with Crippen LogP contribution in [0.4, 0.5) is 13.2 Å². The van der Waals surface area contributed by atoms with E-state index >= 15 is 0 Å². The Kier molecular flexibility index (Phi) is 12.0. The molecule has 1 amide bonds. The summed E-state index contributed by atoms with van der Waals surface area (Å²) in [5.41, 5.74) is 2.70. The summed E-state index contributed by atoms with van der Waals surface area (Å²) >= 11 is 6.39. The Bertz CT molecular complexity index is 1540. The lowest BCUT2D eigenvalue weighted by Crippen LogP contribution is -2.41. The van der Waals surface area contributed by atoms with Crippen molar-refractivity contribution >= 4 is 17.5 Å². The zero-order valence-corrected chi connectivity index (χ0v) is 27.2. The van der Waals surface area contributed by atoms with Crippen LogP contribution in [0.15, 0.2) is 103 Å². The number of morpholine rings is 1. The molecular formula is C38H40ClF3N2O3. The zero-order chi connectivity index (χ0) is 33.2. The summed E-state index contributed by atoms with van der Waals surface area (Å²) in [6, 6.07) is 31.9. The Hall–Kier alpha value is -3.85. The highest BCUT2D eigenvalue weighted by Crippen LogP contribution is 2.37. The van der Waals surface area contributed by atoms with Crippen LogP contribution in [0.2, 0.25) is 5.02 Å². The van der Waals surface area contributed by atoms with Gasteiger partial charge >= 0.3 is 6.18 Å². The van der Waals surface area contributed by atoms with Gasteiger partial charge in [0, 0.05) is 38.1 Å². The molecule has 5 nitrogen and oxygen atoms in total. The quantitative estimate of drug-likeness (QED) is 0.144. The van der Waals surface area contributed by atoms with E-state index in [1.807, 2.05) is 65.6 Å². The van der Waals surface area contributed by atoms with Crippen molar-refractivity contribution in [1.29, 1.82) is 0 Å². The van der Waals surface area contributed by atoms with Crippen LogP contribution in [0.25, 0.3) is 0 Å². The summed E-state index contributed by atoms with van der Waals surface area (Å²) in [6.45, 7) is 5.56. The molecule has 1 saturated heterocycles. The number of alkyl halides is 3. The lowest BCUT2D eigenvalue weighted by molar-refractivity contribution is -0.137. The number of carbonyl (C=O) groups is 1. The summed E-state index contributed by atoms with van der Waals surface area (Å²) in [4.78, 5) is 16.8. The molecule has 1 aliphatic rings. The first-order valence-electron chi connectivity index (χ1n) is 15.9. The number of halogens is 4. The van der Waals surface area contributed by atoms with Gasteiger partial charge in [0.2, 0.25) is 5.91 Å². The van der Waals surface area contributed by atoms with Gasteiger partial charge in [-0.2, -0.15) is 13.2 Å². The van der Waals surface area contributed by atoms with Crippen molar-refractivity contribution in [2.45, 2.75) is 44.4 Å². The van der Waals surface area contributed by atoms with Gasteiger partial charge in [0.1, 0.15) is 5.75 Å². The average molecular weight is 665 g/mol. The molecule has 1 atom stereocenters. The number of nitrogens with zero attached hydrogens (tertiary/aromatic N) is 2. The molecule has 1 fully saturated rings. The van der Waals surface area contributed by atoms with Crippen LogP contribution in [0.5, 0.6) is 5.75 Å². The predicted molar refractivity (Wildman–Crippen MR) is 179 cm³/mol. The lowest BCUT2D eigenvalue weighted by atomic mass is 9.90. The number of hydrogen-bond acceptors (Lipinski definition) is 4. The van der Waals surface area contributed by atoms with Crippen molar-refractivity contribution in [3.63, 3.8) is 0 Å². The smallest absolute Gasteiger partial charge is 0.417 e. The third-order valence-electron chi connectivity index (χ3n) is 8.62. The second kappa shape index (κ2) is 16.3. The highest BCUT2D eigenvalue weighted by Gasteiger charge is 2.34. The largest absolute Gasteiger partial charge is 0.494 e. The SMILES string of the molecule is CC(CCOc1cccc(CC(=O)N2CCOCC2)c1)N(Cc1cccc(C(F)(F)F)c1Cl)CC(c1ccccc1)c1ccccc1. The third kappa shape index (κ3) is 9.60. The fourth-order valence-corrected chi connectivity index (χ4v) is 6.22. The summed E-state index contributed by atoms with van der Waals surface area (Å²) in [6.07, 6.45) is -3.64. The standard InChI is InChI=1S/C38H40ClF3N2O3/c1-28(18-21-47-33-16-8-10-29(24-33)25-36(45)43-19-22-46-23-20-43)44(26-32-15-9-17-35(37(32)39)38(40,41)42)27-34(30-11-4-2-5-12-30)31-13-6-3-7-14-31/h2-17,24,28,34H,18-23,25-27H2,1H3. The van der Waals surface area contributed by atoms with E-state index in [0.717, 1.165) is 22.8 Å². The molecule has 0 radical (unpaired) electrons. The highest BCUT2D eigenvalue weighted by molar-refractivity contribution is 6.32. The minimum atomic E-state index is -4.55. The average Bonchev–Trinajstić information content (AvgIpc) is 3.08. The minimum Gasteiger partial charge on any atom is -0.494 e. The van der Waals surface area contributed by atoms with E-state index < -0.39 is 11.7 Å². The molecule has 0 saturated carbocycles. The van der Waals surface area contributed by atoms with Crippen LogP contribution >= 0.6 is 11.6 Å². The zero-order valence-electron chi connectivity index (χ0n) is 26.5. The van der Waals surface area contributed by atoms with Crippen molar-refractivity contribution in [3.8, 4) is 5.75 Å². The van der Waals surface area contributed by atoms with Gasteiger partial charge in [-0.05, 0) is 53.8 Å². The van der Waals surface area contributed by atoms with Crippen LogP contribution in [-0.2, 0) is 28.7 Å². The maximum Gasteiger partial charge on any atom is 0.417 e. The molecule has 0 aromatic heterocycles. The fourth-order valence-electron chi connectivity index (χ4n) is 5.92. The molecule has 4 aromatic rings. The maximum absolute atomic E-state index is 13.8. The number of hydrogen-bond donors (Lipinski definition) is 0. The van der Waals surface area contributed by atoms with Gasteiger partial charge < -0.3 is 14.4 Å². The molecule has 1 unspecified atom stereocenters. The lowest BCUT2D eigenvalue weighted by Gasteiger charge is -2.34. The van der Waals surface area contributed by atoms with Crippen LogP contribution in [0.1, 0.15) is 47.1 Å². The highest BCUT2D eigenvalue weighted by atomic mass is 35.5. The Labute approximate surface area is 279 Å². The van der Waals surface area contributed by atoms with Gasteiger partial charge in [-0.3, -0.25) is 9.69 Å². The van der Waals surface area contributed by atoms with Crippen molar-refractivity contribution in [2.24, 2.45) is 0 Å². The molecule has 4 aromatic carbocycles. The van der Waals surface area contributed by atoms with Gasteiger partial charge in [-0.25, -0.2) is 0 Å². The molecular weight excluding hydrogens is 625 g/mol. The summed E-state index contributed by atoms with van der Waals surface area (Å²) in [5, 5.41) is -0.270. The Morgan fingerprint density at radius 2 is 1.55 bits per heavy atom. The first-order chi connectivity index (χ1) is 22.7. The minimum absolute atomic E-state index is 0.0222. The van der Waals surface area contributed by atoms with Crippen molar-refractivity contribution in [1.82, 2.24) is 9.80 Å². The normalized spacial score (nSPS) is 14.4. The summed E-state index contributed by atoms with van der Waals surface area (Å²) < 4.78 is 52.8. The van der Waals surface area contributed by atoms with Gasteiger partial charge in [-0.15, -0.1) is 0 Å². The van der Waals surface area contributed by atoms with E-state index in [0.29, 0.717) is 63.6 Å².